The second kappa shape index (κ2) is 6.86. The number of aliphatic hydroxyl groups excluding tert-OH is 1. The molecule has 1 fully saturated rings. The highest BCUT2D eigenvalue weighted by molar-refractivity contribution is 5.79. The minimum atomic E-state index is 0.0579. The molecular weight excluding hydrogens is 204 g/mol. The molecule has 0 radical (unpaired) electrons. The van der Waals surface area contributed by atoms with Crippen LogP contribution in [0.15, 0.2) is 0 Å². The summed E-state index contributed by atoms with van der Waals surface area (Å²) >= 11 is 0. The van der Waals surface area contributed by atoms with Crippen LogP contribution >= 0.6 is 0 Å². The Morgan fingerprint density at radius 3 is 2.62 bits per heavy atom. The molecule has 4 nitrogen and oxygen atoms in total. The van der Waals surface area contributed by atoms with Gasteiger partial charge in [0.2, 0.25) is 5.91 Å². The van der Waals surface area contributed by atoms with Crippen molar-refractivity contribution < 1.29 is 9.90 Å². The van der Waals surface area contributed by atoms with Gasteiger partial charge in [-0.15, -0.1) is 0 Å². The minimum Gasteiger partial charge on any atom is -0.395 e. The van der Waals surface area contributed by atoms with Crippen molar-refractivity contribution in [1.29, 1.82) is 0 Å². The summed E-state index contributed by atoms with van der Waals surface area (Å²) in [4.78, 5) is 14.1. The topological polar surface area (TPSA) is 52.6 Å². The smallest absolute Gasteiger partial charge is 0.227 e. The molecule has 0 spiro atoms. The van der Waals surface area contributed by atoms with E-state index in [1.165, 1.54) is 0 Å². The summed E-state index contributed by atoms with van der Waals surface area (Å²) in [5, 5.41) is 12.3. The van der Waals surface area contributed by atoms with Crippen molar-refractivity contribution in [1.82, 2.24) is 10.2 Å². The molecule has 0 bridgehead atoms. The van der Waals surface area contributed by atoms with Gasteiger partial charge in [-0.25, -0.2) is 0 Å². The molecule has 2 N–H and O–H groups in total. The maximum atomic E-state index is 12.3. The molecule has 0 aromatic heterocycles. The number of nitrogens with zero attached hydrogens (tertiary/aromatic N) is 1. The Kier molecular flexibility index (Phi) is 5.77. The molecule has 1 unspecified atom stereocenters. The number of amides is 1. The Hall–Kier alpha value is -0.610. The summed E-state index contributed by atoms with van der Waals surface area (Å²) in [5.41, 5.74) is 0. The third-order valence-corrected chi connectivity index (χ3v) is 3.42. The SMILES string of the molecule is CCC(CC)N(CCO)C(=O)C1CCNC1. The summed E-state index contributed by atoms with van der Waals surface area (Å²) in [6, 6.07) is 0.278. The largest absolute Gasteiger partial charge is 0.395 e. The van der Waals surface area contributed by atoms with E-state index in [4.69, 9.17) is 5.11 Å². The number of aliphatic hydroxyl groups is 1. The van der Waals surface area contributed by atoms with E-state index in [0.717, 1.165) is 32.4 Å². The molecule has 94 valence electrons. The Balaban J connectivity index is 2.63. The van der Waals surface area contributed by atoms with Gasteiger partial charge in [-0.05, 0) is 25.8 Å². The molecule has 1 atom stereocenters. The molecule has 0 saturated carbocycles. The van der Waals surface area contributed by atoms with Crippen LogP contribution in [0.2, 0.25) is 0 Å². The Morgan fingerprint density at radius 2 is 2.19 bits per heavy atom. The first-order chi connectivity index (χ1) is 7.74. The van der Waals surface area contributed by atoms with Crippen LogP contribution in [0.3, 0.4) is 0 Å². The van der Waals surface area contributed by atoms with Gasteiger partial charge in [-0.1, -0.05) is 13.8 Å². The van der Waals surface area contributed by atoms with Gasteiger partial charge < -0.3 is 15.3 Å². The van der Waals surface area contributed by atoms with Gasteiger partial charge in [0.1, 0.15) is 0 Å². The first-order valence-corrected chi connectivity index (χ1v) is 6.36. The van der Waals surface area contributed by atoms with Crippen molar-refractivity contribution in [3.8, 4) is 0 Å². The monoisotopic (exact) mass is 228 g/mol. The van der Waals surface area contributed by atoms with Gasteiger partial charge in [0.25, 0.3) is 0 Å². The molecule has 1 rings (SSSR count). The number of carbonyl (C=O) groups excluding carboxylic acids is 1. The van der Waals surface area contributed by atoms with Crippen LogP contribution < -0.4 is 5.32 Å². The first-order valence-electron chi connectivity index (χ1n) is 6.36. The standard InChI is InChI=1S/C12H24N2O2/c1-3-11(4-2)14(7-8-15)12(16)10-5-6-13-9-10/h10-11,13,15H,3-9H2,1-2H3. The molecule has 0 aliphatic carbocycles. The van der Waals surface area contributed by atoms with Crippen LogP contribution in [0, 0.1) is 5.92 Å². The molecule has 1 heterocycles. The lowest BCUT2D eigenvalue weighted by Gasteiger charge is -2.32. The van der Waals surface area contributed by atoms with Gasteiger partial charge in [-0.3, -0.25) is 4.79 Å². The molecule has 4 heteroatoms. The van der Waals surface area contributed by atoms with Crippen LogP contribution in [0.5, 0.6) is 0 Å². The molecule has 1 aliphatic heterocycles. The van der Waals surface area contributed by atoms with Crippen LogP contribution in [-0.2, 0) is 4.79 Å². The van der Waals surface area contributed by atoms with E-state index in [1.54, 1.807) is 0 Å². The molecule has 0 aromatic carbocycles. The zero-order chi connectivity index (χ0) is 12.0. The molecule has 1 saturated heterocycles. The van der Waals surface area contributed by atoms with Gasteiger partial charge in [0.15, 0.2) is 0 Å². The van der Waals surface area contributed by atoms with Crippen molar-refractivity contribution in [3.63, 3.8) is 0 Å². The fourth-order valence-corrected chi connectivity index (χ4v) is 2.41. The fraction of sp³-hybridized carbons (Fsp3) is 0.917. The maximum absolute atomic E-state index is 12.3. The summed E-state index contributed by atoms with van der Waals surface area (Å²) in [7, 11) is 0. The summed E-state index contributed by atoms with van der Waals surface area (Å²) in [6.07, 6.45) is 2.85. The normalized spacial score (nSPS) is 20.4. The third kappa shape index (κ3) is 3.19. The Bertz CT molecular complexity index is 211. The number of carbonyl (C=O) groups is 1. The van der Waals surface area contributed by atoms with Crippen LogP contribution in [0.1, 0.15) is 33.1 Å². The lowest BCUT2D eigenvalue weighted by atomic mass is 10.0. The van der Waals surface area contributed by atoms with Crippen molar-refractivity contribution in [2.75, 3.05) is 26.2 Å². The molecular formula is C12H24N2O2. The number of hydrogen-bond donors (Lipinski definition) is 2. The highest BCUT2D eigenvalue weighted by Gasteiger charge is 2.29. The Morgan fingerprint density at radius 1 is 1.50 bits per heavy atom. The van der Waals surface area contributed by atoms with E-state index >= 15 is 0 Å². The van der Waals surface area contributed by atoms with E-state index < -0.39 is 0 Å². The number of rotatable bonds is 6. The first kappa shape index (κ1) is 13.5. The summed E-state index contributed by atoms with van der Waals surface area (Å²) < 4.78 is 0. The van der Waals surface area contributed by atoms with E-state index in [-0.39, 0.29) is 24.5 Å². The molecule has 1 aliphatic rings. The van der Waals surface area contributed by atoms with Gasteiger partial charge >= 0.3 is 0 Å². The highest BCUT2D eigenvalue weighted by Crippen LogP contribution is 2.16. The van der Waals surface area contributed by atoms with E-state index in [1.807, 2.05) is 4.90 Å². The maximum Gasteiger partial charge on any atom is 0.227 e. The second-order valence-corrected chi connectivity index (χ2v) is 4.42. The minimum absolute atomic E-state index is 0.0579. The van der Waals surface area contributed by atoms with Crippen LogP contribution in [0.4, 0.5) is 0 Å². The van der Waals surface area contributed by atoms with Crippen LogP contribution in [-0.4, -0.2) is 48.2 Å². The van der Waals surface area contributed by atoms with Crippen molar-refractivity contribution in [3.05, 3.63) is 0 Å². The lowest BCUT2D eigenvalue weighted by Crippen LogP contribution is -2.45. The van der Waals surface area contributed by atoms with Crippen molar-refractivity contribution in [2.24, 2.45) is 5.92 Å². The van der Waals surface area contributed by atoms with E-state index in [0.29, 0.717) is 6.54 Å². The van der Waals surface area contributed by atoms with Gasteiger partial charge in [0, 0.05) is 19.1 Å². The van der Waals surface area contributed by atoms with E-state index in [9.17, 15) is 4.79 Å². The van der Waals surface area contributed by atoms with Crippen molar-refractivity contribution in [2.45, 2.75) is 39.2 Å². The average molecular weight is 228 g/mol. The zero-order valence-electron chi connectivity index (χ0n) is 10.4. The summed E-state index contributed by atoms with van der Waals surface area (Å²) in [6.45, 7) is 6.45. The zero-order valence-corrected chi connectivity index (χ0v) is 10.4. The molecule has 1 amide bonds. The highest BCUT2D eigenvalue weighted by atomic mass is 16.3. The third-order valence-electron chi connectivity index (χ3n) is 3.42. The fourth-order valence-electron chi connectivity index (χ4n) is 2.41. The van der Waals surface area contributed by atoms with E-state index in [2.05, 4.69) is 19.2 Å². The number of nitrogens with one attached hydrogen (secondary N) is 1. The summed E-state index contributed by atoms with van der Waals surface area (Å²) in [5.74, 6) is 0.333. The van der Waals surface area contributed by atoms with Crippen LogP contribution in [0.25, 0.3) is 0 Å². The average Bonchev–Trinajstić information content (AvgIpc) is 2.82. The lowest BCUT2D eigenvalue weighted by molar-refractivity contribution is -0.138. The second-order valence-electron chi connectivity index (χ2n) is 4.42. The quantitative estimate of drug-likeness (QED) is 0.700. The predicted octanol–water partition coefficient (Wildman–Crippen LogP) is 0.605. The van der Waals surface area contributed by atoms with Gasteiger partial charge in [0.05, 0.1) is 12.5 Å². The van der Waals surface area contributed by atoms with Gasteiger partial charge in [-0.2, -0.15) is 0 Å². The Labute approximate surface area is 98.0 Å². The predicted molar refractivity (Wildman–Crippen MR) is 64.1 cm³/mol. The van der Waals surface area contributed by atoms with Crippen molar-refractivity contribution >= 4 is 5.91 Å². The number of hydrogen-bond acceptors (Lipinski definition) is 3. The molecule has 16 heavy (non-hydrogen) atoms. The molecule has 0 aromatic rings.